The second-order valence-corrected chi connectivity index (χ2v) is 4.75. The highest BCUT2D eigenvalue weighted by atomic mass is 16.4. The minimum atomic E-state index is -0.850. The lowest BCUT2D eigenvalue weighted by molar-refractivity contribution is -0.147. The van der Waals surface area contributed by atoms with E-state index in [1.54, 1.807) is 18.7 Å². The number of aromatic nitrogens is 2. The van der Waals surface area contributed by atoms with E-state index in [-0.39, 0.29) is 12.5 Å². The molecule has 6 heteroatoms. The maximum Gasteiger partial charge on any atom is 0.311 e. The topological polar surface area (TPSA) is 86.3 Å². The number of nitrogens with zero attached hydrogens (tertiary/aromatic N) is 2. The third kappa shape index (κ3) is 1.90. The minimum Gasteiger partial charge on any atom is -0.481 e. The lowest BCUT2D eigenvalue weighted by Crippen LogP contribution is -2.35. The number of H-pyrrole nitrogens is 1. The number of aryl methyl sites for hydroxylation is 1. The fourth-order valence-corrected chi connectivity index (χ4v) is 2.05. The first-order valence-electron chi connectivity index (χ1n) is 5.47. The molecular weight excluding hydrogens is 222 g/mol. The van der Waals surface area contributed by atoms with E-state index in [9.17, 15) is 9.59 Å². The molecule has 1 aliphatic rings. The summed E-state index contributed by atoms with van der Waals surface area (Å²) in [5.41, 5.74) is 0.395. The Bertz CT molecular complexity index is 468. The van der Waals surface area contributed by atoms with Crippen LogP contribution < -0.4 is 0 Å². The van der Waals surface area contributed by atoms with E-state index in [0.717, 1.165) is 0 Å². The summed E-state index contributed by atoms with van der Waals surface area (Å²) in [7, 11) is 0. The standard InChI is InChI=1S/C11H15N3O3/c1-7-8(5-12-13-7)9(15)14-4-3-11(2,6-14)10(16)17/h5H,3-4,6H2,1-2H3,(H,12,13)(H,16,17). The highest BCUT2D eigenvalue weighted by Crippen LogP contribution is 2.31. The number of nitrogens with one attached hydrogen (secondary N) is 1. The van der Waals surface area contributed by atoms with E-state index < -0.39 is 11.4 Å². The molecule has 1 aliphatic heterocycles. The molecule has 0 saturated carbocycles. The number of amides is 1. The van der Waals surface area contributed by atoms with Crippen LogP contribution in [0.1, 0.15) is 29.4 Å². The van der Waals surface area contributed by atoms with E-state index >= 15 is 0 Å². The number of carboxylic acids is 1. The first-order valence-corrected chi connectivity index (χ1v) is 5.47. The van der Waals surface area contributed by atoms with Crippen molar-refractivity contribution in [2.75, 3.05) is 13.1 Å². The average Bonchev–Trinajstić information content (AvgIpc) is 2.85. The molecular formula is C11H15N3O3. The Kier molecular flexibility index (Phi) is 2.65. The van der Waals surface area contributed by atoms with Gasteiger partial charge in [-0.25, -0.2) is 0 Å². The molecule has 6 nitrogen and oxygen atoms in total. The van der Waals surface area contributed by atoms with Crippen molar-refractivity contribution in [1.82, 2.24) is 15.1 Å². The zero-order valence-corrected chi connectivity index (χ0v) is 9.86. The van der Waals surface area contributed by atoms with Crippen molar-refractivity contribution < 1.29 is 14.7 Å². The van der Waals surface area contributed by atoms with Crippen LogP contribution in [0.25, 0.3) is 0 Å². The maximum atomic E-state index is 12.1. The number of aliphatic carboxylic acids is 1. The predicted octanol–water partition coefficient (Wildman–Crippen LogP) is 0.655. The van der Waals surface area contributed by atoms with Gasteiger partial charge < -0.3 is 10.0 Å². The zero-order chi connectivity index (χ0) is 12.6. The number of carboxylic acid groups (broad SMARTS) is 1. The summed E-state index contributed by atoms with van der Waals surface area (Å²) in [6.07, 6.45) is 1.97. The number of likely N-dealkylation sites (tertiary alicyclic amines) is 1. The lowest BCUT2D eigenvalue weighted by atomic mass is 9.90. The molecule has 1 amide bonds. The van der Waals surface area contributed by atoms with Crippen LogP contribution in [0.15, 0.2) is 6.20 Å². The van der Waals surface area contributed by atoms with Gasteiger partial charge in [-0.3, -0.25) is 14.7 Å². The first-order chi connectivity index (χ1) is 7.94. The Hall–Kier alpha value is -1.85. The molecule has 17 heavy (non-hydrogen) atoms. The van der Waals surface area contributed by atoms with Crippen LogP contribution in [-0.2, 0) is 4.79 Å². The van der Waals surface area contributed by atoms with Gasteiger partial charge in [-0.05, 0) is 20.3 Å². The van der Waals surface area contributed by atoms with Gasteiger partial charge in [0.2, 0.25) is 0 Å². The molecule has 0 spiro atoms. The molecule has 2 rings (SSSR count). The highest BCUT2D eigenvalue weighted by molar-refractivity contribution is 5.95. The Morgan fingerprint density at radius 1 is 1.59 bits per heavy atom. The molecule has 1 saturated heterocycles. The van der Waals surface area contributed by atoms with E-state index in [1.807, 2.05) is 0 Å². The third-order valence-electron chi connectivity index (χ3n) is 3.34. The lowest BCUT2D eigenvalue weighted by Gasteiger charge is -2.19. The van der Waals surface area contributed by atoms with Crippen LogP contribution in [0.2, 0.25) is 0 Å². The van der Waals surface area contributed by atoms with Crippen LogP contribution in [0.5, 0.6) is 0 Å². The van der Waals surface area contributed by atoms with E-state index in [1.165, 1.54) is 6.20 Å². The second-order valence-electron chi connectivity index (χ2n) is 4.75. The van der Waals surface area contributed by atoms with Crippen molar-refractivity contribution in [3.63, 3.8) is 0 Å². The molecule has 1 fully saturated rings. The number of hydrogen-bond donors (Lipinski definition) is 2. The number of carbonyl (C=O) groups is 2. The average molecular weight is 237 g/mol. The monoisotopic (exact) mass is 237 g/mol. The van der Waals surface area contributed by atoms with Crippen molar-refractivity contribution >= 4 is 11.9 Å². The van der Waals surface area contributed by atoms with Crippen molar-refractivity contribution in [3.05, 3.63) is 17.5 Å². The van der Waals surface area contributed by atoms with Gasteiger partial charge in [-0.2, -0.15) is 5.10 Å². The molecule has 0 bridgehead atoms. The normalized spacial score (nSPS) is 24.0. The van der Waals surface area contributed by atoms with Crippen LogP contribution >= 0.6 is 0 Å². The van der Waals surface area contributed by atoms with Crippen LogP contribution in [0.3, 0.4) is 0 Å². The first kappa shape index (κ1) is 11.6. The van der Waals surface area contributed by atoms with Gasteiger partial charge in [-0.15, -0.1) is 0 Å². The number of carbonyl (C=O) groups excluding carboxylic acids is 1. The fraction of sp³-hybridized carbons (Fsp3) is 0.545. The predicted molar refractivity (Wildman–Crippen MR) is 59.6 cm³/mol. The summed E-state index contributed by atoms with van der Waals surface area (Å²) in [6.45, 7) is 4.18. The summed E-state index contributed by atoms with van der Waals surface area (Å²) >= 11 is 0. The van der Waals surface area contributed by atoms with Gasteiger partial charge >= 0.3 is 5.97 Å². The van der Waals surface area contributed by atoms with E-state index in [2.05, 4.69) is 10.2 Å². The molecule has 2 N–H and O–H groups in total. The van der Waals surface area contributed by atoms with Gasteiger partial charge in [0.1, 0.15) is 0 Å². The zero-order valence-electron chi connectivity index (χ0n) is 9.86. The van der Waals surface area contributed by atoms with Crippen molar-refractivity contribution in [1.29, 1.82) is 0 Å². The number of aromatic amines is 1. The molecule has 0 aliphatic carbocycles. The number of hydrogen-bond acceptors (Lipinski definition) is 3. The second kappa shape index (κ2) is 3.87. The van der Waals surface area contributed by atoms with Gasteiger partial charge in [0.25, 0.3) is 5.91 Å². The molecule has 1 aromatic heterocycles. The summed E-state index contributed by atoms with van der Waals surface area (Å²) in [6, 6.07) is 0. The molecule has 2 heterocycles. The quantitative estimate of drug-likeness (QED) is 0.791. The van der Waals surface area contributed by atoms with Crippen molar-refractivity contribution in [2.24, 2.45) is 5.41 Å². The molecule has 0 radical (unpaired) electrons. The third-order valence-corrected chi connectivity index (χ3v) is 3.34. The fourth-order valence-electron chi connectivity index (χ4n) is 2.05. The molecule has 1 unspecified atom stereocenters. The summed E-state index contributed by atoms with van der Waals surface area (Å²) < 4.78 is 0. The van der Waals surface area contributed by atoms with Gasteiger partial charge in [0, 0.05) is 18.8 Å². The summed E-state index contributed by atoms with van der Waals surface area (Å²) in [5, 5.41) is 15.6. The number of rotatable bonds is 2. The molecule has 1 atom stereocenters. The summed E-state index contributed by atoms with van der Waals surface area (Å²) in [5.74, 6) is -1.00. The van der Waals surface area contributed by atoms with Crippen LogP contribution in [0, 0.1) is 12.3 Å². The minimum absolute atomic E-state index is 0.152. The van der Waals surface area contributed by atoms with Gasteiger partial charge in [0.15, 0.2) is 0 Å². The van der Waals surface area contributed by atoms with Crippen molar-refractivity contribution in [3.8, 4) is 0 Å². The smallest absolute Gasteiger partial charge is 0.311 e. The Balaban J connectivity index is 2.15. The molecule has 1 aromatic rings. The summed E-state index contributed by atoms with van der Waals surface area (Å²) in [4.78, 5) is 24.8. The van der Waals surface area contributed by atoms with Crippen molar-refractivity contribution in [2.45, 2.75) is 20.3 Å². The van der Waals surface area contributed by atoms with E-state index in [0.29, 0.717) is 24.2 Å². The SMILES string of the molecule is Cc1[nH]ncc1C(=O)N1CCC(C)(C(=O)O)C1. The van der Waals surface area contributed by atoms with Crippen LogP contribution in [0.4, 0.5) is 0 Å². The Labute approximate surface area is 98.6 Å². The highest BCUT2D eigenvalue weighted by Gasteiger charge is 2.42. The molecule has 0 aromatic carbocycles. The molecule has 92 valence electrons. The van der Waals surface area contributed by atoms with Crippen LogP contribution in [-0.4, -0.2) is 45.2 Å². The van der Waals surface area contributed by atoms with Gasteiger partial charge in [-0.1, -0.05) is 0 Å². The Morgan fingerprint density at radius 2 is 2.29 bits per heavy atom. The van der Waals surface area contributed by atoms with E-state index in [4.69, 9.17) is 5.11 Å². The Morgan fingerprint density at radius 3 is 2.76 bits per heavy atom. The largest absolute Gasteiger partial charge is 0.481 e. The maximum absolute atomic E-state index is 12.1. The van der Waals surface area contributed by atoms with Gasteiger partial charge in [0.05, 0.1) is 17.2 Å².